The highest BCUT2D eigenvalue weighted by atomic mass is 14.2. The molecular weight excluding hydrogens is 504 g/mol. The summed E-state index contributed by atoms with van der Waals surface area (Å²) in [6, 6.07) is 51.9. The quantitative estimate of drug-likeness (QED) is 0.196. The molecule has 7 aromatic rings. The second kappa shape index (κ2) is 10.6. The minimum absolute atomic E-state index is 0.699. The molecule has 0 heterocycles. The molecule has 0 amide bonds. The number of benzene rings is 7. The third-order valence-corrected chi connectivity index (χ3v) is 9.46. The molecule has 0 atom stereocenters. The van der Waals surface area contributed by atoms with Crippen LogP contribution in [-0.2, 0) is 0 Å². The third-order valence-electron chi connectivity index (χ3n) is 9.46. The van der Waals surface area contributed by atoms with E-state index in [2.05, 4.69) is 140 Å². The average Bonchev–Trinajstić information content (AvgIpc) is 3.07. The fourth-order valence-electron chi connectivity index (χ4n) is 7.50. The van der Waals surface area contributed by atoms with E-state index in [1.165, 1.54) is 103 Å². The lowest BCUT2D eigenvalue weighted by molar-refractivity contribution is 0.444. The van der Waals surface area contributed by atoms with Crippen LogP contribution in [0, 0.1) is 0 Å². The van der Waals surface area contributed by atoms with Crippen LogP contribution in [-0.4, -0.2) is 0 Å². The van der Waals surface area contributed by atoms with Gasteiger partial charge in [0.1, 0.15) is 0 Å². The van der Waals surface area contributed by atoms with Crippen molar-refractivity contribution in [3.63, 3.8) is 0 Å². The first-order chi connectivity index (χ1) is 20.9. The lowest BCUT2D eigenvalue weighted by Crippen LogP contribution is -2.04. The Balaban J connectivity index is 1.38. The Morgan fingerprint density at radius 2 is 0.857 bits per heavy atom. The maximum absolute atomic E-state index is 2.47. The van der Waals surface area contributed by atoms with Gasteiger partial charge in [-0.3, -0.25) is 0 Å². The molecule has 0 unspecified atom stereocenters. The Morgan fingerprint density at radius 3 is 1.50 bits per heavy atom. The second-order valence-corrected chi connectivity index (χ2v) is 11.9. The standard InChI is InChI=1S/C42H34/c1-3-14-29(15-4-1)31-18-13-19-32(28-31)33-26-27-40(35-21-8-7-20-34(33)35)42-38-24-11-9-22-36(38)41(30-16-5-2-6-17-30)37-23-10-12-25-39(37)42/h2,5-13,16-29H,1,3-4,14-15H2. The van der Waals surface area contributed by atoms with Crippen LogP contribution in [0.5, 0.6) is 0 Å². The summed E-state index contributed by atoms with van der Waals surface area (Å²) in [6.45, 7) is 0. The zero-order chi connectivity index (χ0) is 27.9. The van der Waals surface area contributed by atoms with E-state index < -0.39 is 0 Å². The summed E-state index contributed by atoms with van der Waals surface area (Å²) >= 11 is 0. The van der Waals surface area contributed by atoms with E-state index in [1.54, 1.807) is 0 Å². The molecule has 0 saturated heterocycles. The smallest absolute Gasteiger partial charge is 0.00201 e. The highest BCUT2D eigenvalue weighted by molar-refractivity contribution is 6.24. The SMILES string of the molecule is c1ccc(-c2c3ccccc3c(-c3ccc(-c4cccc(C5CCCCC5)c4)c4ccccc34)c3ccccc23)cc1. The number of hydrogen-bond acceptors (Lipinski definition) is 0. The summed E-state index contributed by atoms with van der Waals surface area (Å²) < 4.78 is 0. The van der Waals surface area contributed by atoms with E-state index >= 15 is 0 Å². The fourth-order valence-corrected chi connectivity index (χ4v) is 7.50. The molecule has 1 saturated carbocycles. The monoisotopic (exact) mass is 538 g/mol. The van der Waals surface area contributed by atoms with Crippen molar-refractivity contribution in [1.29, 1.82) is 0 Å². The van der Waals surface area contributed by atoms with Gasteiger partial charge in [0.2, 0.25) is 0 Å². The van der Waals surface area contributed by atoms with Crippen LogP contribution in [0.2, 0.25) is 0 Å². The van der Waals surface area contributed by atoms with Crippen molar-refractivity contribution in [3.05, 3.63) is 145 Å². The molecule has 42 heavy (non-hydrogen) atoms. The Bertz CT molecular complexity index is 2000. The maximum atomic E-state index is 2.47. The molecule has 0 aliphatic heterocycles. The van der Waals surface area contributed by atoms with Gasteiger partial charge >= 0.3 is 0 Å². The number of fused-ring (bicyclic) bond motifs is 3. The van der Waals surface area contributed by atoms with Crippen LogP contribution in [0.1, 0.15) is 43.6 Å². The summed E-state index contributed by atoms with van der Waals surface area (Å²) in [5.74, 6) is 0.699. The first-order valence-electron chi connectivity index (χ1n) is 15.5. The van der Waals surface area contributed by atoms with Gasteiger partial charge in [0, 0.05) is 0 Å². The molecule has 0 nitrogen and oxygen atoms in total. The lowest BCUT2D eigenvalue weighted by atomic mass is 9.82. The fraction of sp³-hybridized carbons (Fsp3) is 0.143. The molecular formula is C42H34. The van der Waals surface area contributed by atoms with E-state index in [1.807, 2.05) is 0 Å². The molecule has 0 aromatic heterocycles. The minimum atomic E-state index is 0.699. The van der Waals surface area contributed by atoms with Crippen LogP contribution in [0.25, 0.3) is 65.7 Å². The predicted molar refractivity (Wildman–Crippen MR) is 181 cm³/mol. The van der Waals surface area contributed by atoms with Crippen molar-refractivity contribution in [3.8, 4) is 33.4 Å². The van der Waals surface area contributed by atoms with Gasteiger partial charge in [-0.25, -0.2) is 0 Å². The van der Waals surface area contributed by atoms with Gasteiger partial charge < -0.3 is 0 Å². The molecule has 0 radical (unpaired) electrons. The normalized spacial score (nSPS) is 14.1. The maximum Gasteiger partial charge on any atom is -0.00201 e. The molecule has 1 fully saturated rings. The van der Waals surface area contributed by atoms with Gasteiger partial charge in [-0.1, -0.05) is 159 Å². The van der Waals surface area contributed by atoms with Gasteiger partial charge in [0.25, 0.3) is 0 Å². The molecule has 0 spiro atoms. The first kappa shape index (κ1) is 25.1. The summed E-state index contributed by atoms with van der Waals surface area (Å²) in [5, 5.41) is 7.81. The van der Waals surface area contributed by atoms with E-state index in [0.29, 0.717) is 5.92 Å². The molecule has 0 N–H and O–H groups in total. The molecule has 0 bridgehead atoms. The molecule has 8 rings (SSSR count). The summed E-state index contributed by atoms with van der Waals surface area (Å²) in [7, 11) is 0. The Kier molecular flexibility index (Phi) is 6.34. The molecule has 202 valence electrons. The Morgan fingerprint density at radius 1 is 0.357 bits per heavy atom. The first-order valence-corrected chi connectivity index (χ1v) is 15.5. The van der Waals surface area contributed by atoms with Crippen molar-refractivity contribution in [2.45, 2.75) is 38.0 Å². The highest BCUT2D eigenvalue weighted by Gasteiger charge is 2.20. The molecule has 1 aliphatic rings. The van der Waals surface area contributed by atoms with E-state index in [4.69, 9.17) is 0 Å². The van der Waals surface area contributed by atoms with Gasteiger partial charge in [-0.15, -0.1) is 0 Å². The Labute approximate surface area is 248 Å². The van der Waals surface area contributed by atoms with Crippen LogP contribution < -0.4 is 0 Å². The zero-order valence-corrected chi connectivity index (χ0v) is 23.9. The van der Waals surface area contributed by atoms with Gasteiger partial charge in [-0.05, 0) is 90.0 Å². The van der Waals surface area contributed by atoms with Crippen LogP contribution in [0.15, 0.2) is 140 Å². The minimum Gasteiger partial charge on any atom is -0.0622 e. The van der Waals surface area contributed by atoms with E-state index in [9.17, 15) is 0 Å². The summed E-state index contributed by atoms with van der Waals surface area (Å²) in [6.07, 6.45) is 6.75. The third kappa shape index (κ3) is 4.22. The van der Waals surface area contributed by atoms with Crippen molar-refractivity contribution in [1.82, 2.24) is 0 Å². The van der Waals surface area contributed by atoms with Crippen LogP contribution >= 0.6 is 0 Å². The molecule has 7 aromatic carbocycles. The van der Waals surface area contributed by atoms with Gasteiger partial charge in [0.15, 0.2) is 0 Å². The van der Waals surface area contributed by atoms with Crippen molar-refractivity contribution in [2.75, 3.05) is 0 Å². The average molecular weight is 539 g/mol. The zero-order valence-electron chi connectivity index (χ0n) is 23.9. The molecule has 0 heteroatoms. The van der Waals surface area contributed by atoms with Crippen molar-refractivity contribution in [2.24, 2.45) is 0 Å². The van der Waals surface area contributed by atoms with E-state index in [-0.39, 0.29) is 0 Å². The molecule has 1 aliphatic carbocycles. The van der Waals surface area contributed by atoms with Crippen molar-refractivity contribution < 1.29 is 0 Å². The van der Waals surface area contributed by atoms with E-state index in [0.717, 1.165) is 0 Å². The largest absolute Gasteiger partial charge is 0.0622 e. The number of hydrogen-bond donors (Lipinski definition) is 0. The van der Waals surface area contributed by atoms with Crippen LogP contribution in [0.4, 0.5) is 0 Å². The number of rotatable bonds is 4. The Hall–Kier alpha value is -4.68. The predicted octanol–water partition coefficient (Wildman–Crippen LogP) is 12.2. The lowest BCUT2D eigenvalue weighted by Gasteiger charge is -2.23. The van der Waals surface area contributed by atoms with Gasteiger partial charge in [-0.2, -0.15) is 0 Å². The summed E-state index contributed by atoms with van der Waals surface area (Å²) in [5.41, 5.74) is 9.34. The summed E-state index contributed by atoms with van der Waals surface area (Å²) in [4.78, 5) is 0. The second-order valence-electron chi connectivity index (χ2n) is 11.9. The van der Waals surface area contributed by atoms with Gasteiger partial charge in [0.05, 0.1) is 0 Å². The topological polar surface area (TPSA) is 0 Å². The highest BCUT2D eigenvalue weighted by Crippen LogP contribution is 2.46. The van der Waals surface area contributed by atoms with Crippen LogP contribution in [0.3, 0.4) is 0 Å². The van der Waals surface area contributed by atoms with Crippen molar-refractivity contribution >= 4 is 32.3 Å².